The summed E-state index contributed by atoms with van der Waals surface area (Å²) < 4.78 is 0. The van der Waals surface area contributed by atoms with E-state index in [-0.39, 0.29) is 11.8 Å². The van der Waals surface area contributed by atoms with Crippen LogP contribution in [0.2, 0.25) is 0 Å². The summed E-state index contributed by atoms with van der Waals surface area (Å²) in [6.45, 7) is 2.96. The van der Waals surface area contributed by atoms with Crippen molar-refractivity contribution in [3.63, 3.8) is 0 Å². The first-order valence-corrected chi connectivity index (χ1v) is 19.6. The van der Waals surface area contributed by atoms with Gasteiger partial charge in [0.05, 0.1) is 13.2 Å². The zero-order chi connectivity index (χ0) is 37.2. The largest absolute Gasteiger partial charge is 0.511 e. The Bertz CT molecular complexity index is 1200. The first-order valence-electron chi connectivity index (χ1n) is 19.6. The van der Waals surface area contributed by atoms with Crippen molar-refractivity contribution in [3.05, 3.63) is 71.2 Å². The molecule has 0 aromatic heterocycles. The first-order chi connectivity index (χ1) is 24.8. The van der Waals surface area contributed by atoms with Crippen LogP contribution in [0.3, 0.4) is 0 Å². The molecule has 284 valence electrons. The van der Waals surface area contributed by atoms with Crippen molar-refractivity contribution in [2.24, 2.45) is 5.41 Å². The van der Waals surface area contributed by atoms with E-state index in [2.05, 4.69) is 24.5 Å². The topological polar surface area (TPSA) is 139 Å². The molecule has 0 radical (unpaired) electrons. The Kier molecular flexibility index (Phi) is 22.4. The molecular weight excluding hydrogens is 640 g/mol. The van der Waals surface area contributed by atoms with E-state index < -0.39 is 30.1 Å². The molecule has 51 heavy (non-hydrogen) atoms. The minimum absolute atomic E-state index is 0.0387. The van der Waals surface area contributed by atoms with E-state index >= 15 is 0 Å². The van der Waals surface area contributed by atoms with Crippen molar-refractivity contribution in [1.29, 1.82) is 0 Å². The highest BCUT2D eigenvalue weighted by Crippen LogP contribution is 2.35. The molecule has 0 unspecified atom stereocenters. The Morgan fingerprint density at radius 1 is 0.510 bits per heavy atom. The average molecular weight is 707 g/mol. The van der Waals surface area contributed by atoms with Gasteiger partial charge in [-0.15, -0.1) is 0 Å². The van der Waals surface area contributed by atoms with Crippen molar-refractivity contribution in [1.82, 2.24) is 0 Å². The highest BCUT2D eigenvalue weighted by Gasteiger charge is 2.38. The lowest BCUT2D eigenvalue weighted by Gasteiger charge is -2.28. The van der Waals surface area contributed by atoms with E-state index in [4.69, 9.17) is 0 Å². The molecule has 8 nitrogen and oxygen atoms in total. The molecule has 2 aromatic rings. The van der Waals surface area contributed by atoms with Gasteiger partial charge in [-0.2, -0.15) is 0 Å². The number of benzene rings is 2. The van der Waals surface area contributed by atoms with Crippen LogP contribution in [0.25, 0.3) is 12.2 Å². The molecule has 2 aromatic carbocycles. The molecule has 0 aliphatic carbocycles. The molecular formula is C43H66N2O6. The lowest BCUT2D eigenvalue weighted by molar-refractivity contribution is -0.117. The maximum Gasteiger partial charge on any atom is 0.224 e. The Balaban J connectivity index is 1.86. The third-order valence-electron chi connectivity index (χ3n) is 9.53. The second-order valence-corrected chi connectivity index (χ2v) is 14.0. The number of unbranched alkanes of at least 4 members (excludes halogenated alkanes) is 16. The van der Waals surface area contributed by atoms with Crippen molar-refractivity contribution < 1.29 is 30.0 Å². The molecule has 0 atom stereocenters. The highest BCUT2D eigenvalue weighted by molar-refractivity contribution is 5.91. The molecule has 6 N–H and O–H groups in total. The zero-order valence-corrected chi connectivity index (χ0v) is 31.4. The third kappa shape index (κ3) is 17.4. The molecule has 8 heteroatoms. The molecule has 0 saturated carbocycles. The normalized spacial score (nSPS) is 12.2. The first kappa shape index (κ1) is 43.5. The lowest BCUT2D eigenvalue weighted by Crippen LogP contribution is -2.34. The van der Waals surface area contributed by atoms with E-state index in [0.29, 0.717) is 35.3 Å². The molecule has 0 aliphatic heterocycles. The summed E-state index contributed by atoms with van der Waals surface area (Å²) in [7, 11) is 0. The SMILES string of the molecule is CCCCCCCCCCCC(=O)Nc1ccc(C=C(O)C(CO)(CO)C(O)=Cc2ccc(NC(=O)CCCCCCCCCCC)cc2)cc1. The number of rotatable bonds is 28. The number of amides is 2. The van der Waals surface area contributed by atoms with E-state index in [1.54, 1.807) is 48.5 Å². The number of hydrogen-bond acceptors (Lipinski definition) is 6. The van der Waals surface area contributed by atoms with Gasteiger partial charge in [0.2, 0.25) is 11.8 Å². The highest BCUT2D eigenvalue weighted by atomic mass is 16.3. The predicted octanol–water partition coefficient (Wildman–Crippen LogP) is 10.9. The van der Waals surface area contributed by atoms with Crippen LogP contribution in [0.5, 0.6) is 0 Å². The summed E-state index contributed by atoms with van der Waals surface area (Å²) >= 11 is 0. The maximum absolute atomic E-state index is 12.4. The minimum atomic E-state index is -1.83. The van der Waals surface area contributed by atoms with E-state index in [1.807, 2.05) is 0 Å². The van der Waals surface area contributed by atoms with Crippen LogP contribution in [-0.2, 0) is 9.59 Å². The lowest BCUT2D eigenvalue weighted by atomic mass is 9.83. The van der Waals surface area contributed by atoms with E-state index in [9.17, 15) is 30.0 Å². The van der Waals surface area contributed by atoms with Gasteiger partial charge in [-0.25, -0.2) is 0 Å². The van der Waals surface area contributed by atoms with Gasteiger partial charge in [0.25, 0.3) is 0 Å². The van der Waals surface area contributed by atoms with Crippen LogP contribution < -0.4 is 10.6 Å². The smallest absolute Gasteiger partial charge is 0.224 e. The van der Waals surface area contributed by atoms with Crippen LogP contribution in [0.15, 0.2) is 60.0 Å². The van der Waals surface area contributed by atoms with Gasteiger partial charge in [-0.3, -0.25) is 9.59 Å². The molecule has 0 heterocycles. The molecule has 0 aliphatic rings. The molecule has 0 spiro atoms. The molecule has 0 fully saturated rings. The standard InChI is InChI=1S/C43H66N2O6/c1-3-5-7-9-11-13-15-17-19-21-41(50)44-37-27-23-35(24-28-37)31-39(48)43(33-46,34-47)40(49)32-36-25-29-38(30-26-36)45-42(51)22-20-18-16-14-12-10-8-6-4-2/h23-32,46-49H,3-22,33-34H2,1-2H3,(H,44,50)(H,45,51). The van der Waals surface area contributed by atoms with Crippen LogP contribution >= 0.6 is 0 Å². The Morgan fingerprint density at radius 2 is 0.804 bits per heavy atom. The fourth-order valence-electron chi connectivity index (χ4n) is 6.06. The minimum Gasteiger partial charge on any atom is -0.511 e. The summed E-state index contributed by atoms with van der Waals surface area (Å²) in [5.74, 6) is -0.904. The fraction of sp³-hybridized carbons (Fsp3) is 0.581. The second kappa shape index (κ2) is 26.2. The third-order valence-corrected chi connectivity index (χ3v) is 9.53. The van der Waals surface area contributed by atoms with Crippen molar-refractivity contribution in [2.45, 2.75) is 142 Å². The average Bonchev–Trinajstić information content (AvgIpc) is 3.12. The zero-order valence-electron chi connectivity index (χ0n) is 31.4. The van der Waals surface area contributed by atoms with E-state index in [0.717, 1.165) is 38.5 Å². The van der Waals surface area contributed by atoms with Crippen molar-refractivity contribution in [3.8, 4) is 0 Å². The number of carbonyl (C=O) groups is 2. The second-order valence-electron chi connectivity index (χ2n) is 14.0. The number of anilines is 2. The summed E-state index contributed by atoms with van der Waals surface area (Å²) in [5.41, 5.74) is 0.560. The van der Waals surface area contributed by atoms with Crippen LogP contribution in [0, 0.1) is 5.41 Å². The molecule has 2 amide bonds. The van der Waals surface area contributed by atoms with Crippen molar-refractivity contribution >= 4 is 35.3 Å². The van der Waals surface area contributed by atoms with Crippen LogP contribution in [-0.4, -0.2) is 45.5 Å². The summed E-state index contributed by atoms with van der Waals surface area (Å²) in [4.78, 5) is 24.8. The summed E-state index contributed by atoms with van der Waals surface area (Å²) in [5, 5.41) is 48.3. The maximum atomic E-state index is 12.4. The number of aliphatic hydroxyl groups is 4. The van der Waals surface area contributed by atoms with Gasteiger partial charge in [0, 0.05) is 24.2 Å². The summed E-state index contributed by atoms with van der Waals surface area (Å²) in [6, 6.07) is 13.7. The van der Waals surface area contributed by atoms with Gasteiger partial charge in [0.1, 0.15) is 16.9 Å². The van der Waals surface area contributed by atoms with Crippen molar-refractivity contribution in [2.75, 3.05) is 23.8 Å². The quantitative estimate of drug-likeness (QED) is 0.0384. The number of hydrogen-bond donors (Lipinski definition) is 6. The van der Waals surface area contributed by atoms with Gasteiger partial charge in [0.15, 0.2) is 0 Å². The fourth-order valence-corrected chi connectivity index (χ4v) is 6.06. The number of nitrogens with one attached hydrogen (secondary N) is 2. The number of carbonyl (C=O) groups excluding carboxylic acids is 2. The predicted molar refractivity (Wildman–Crippen MR) is 212 cm³/mol. The van der Waals surface area contributed by atoms with Gasteiger partial charge in [-0.1, -0.05) is 141 Å². The monoisotopic (exact) mass is 706 g/mol. The Labute approximate surface area is 307 Å². The molecule has 0 bridgehead atoms. The molecule has 2 rings (SSSR count). The Hall–Kier alpha value is -3.62. The van der Waals surface area contributed by atoms with Gasteiger partial charge >= 0.3 is 0 Å². The summed E-state index contributed by atoms with van der Waals surface area (Å²) in [6.07, 6.45) is 25.2. The molecule has 0 saturated heterocycles. The van der Waals surface area contributed by atoms with Crippen LogP contribution in [0.4, 0.5) is 11.4 Å². The van der Waals surface area contributed by atoms with Gasteiger partial charge in [-0.05, 0) is 60.4 Å². The Morgan fingerprint density at radius 3 is 1.10 bits per heavy atom. The van der Waals surface area contributed by atoms with E-state index in [1.165, 1.54) is 89.2 Å². The van der Waals surface area contributed by atoms with Crippen LogP contribution in [0.1, 0.15) is 153 Å². The number of aliphatic hydroxyl groups excluding tert-OH is 4. The van der Waals surface area contributed by atoms with Gasteiger partial charge < -0.3 is 31.1 Å².